The Balaban J connectivity index is 1.33. The average molecular weight is 342 g/mol. The van der Waals surface area contributed by atoms with Crippen LogP contribution in [-0.4, -0.2) is 34.8 Å². The lowest BCUT2D eigenvalue weighted by Gasteiger charge is -2.15. The van der Waals surface area contributed by atoms with E-state index in [0.29, 0.717) is 13.1 Å². The van der Waals surface area contributed by atoms with E-state index in [1.807, 2.05) is 37.3 Å². The van der Waals surface area contributed by atoms with E-state index < -0.39 is 0 Å². The molecule has 1 atom stereocenters. The number of nitrogens with one attached hydrogen (secondary N) is 2. The molecule has 2 heterocycles. The van der Waals surface area contributed by atoms with Gasteiger partial charge in [0.05, 0.1) is 12.2 Å². The zero-order chi connectivity index (χ0) is 17.5. The summed E-state index contributed by atoms with van der Waals surface area (Å²) >= 11 is 0. The highest BCUT2D eigenvalue weighted by Crippen LogP contribution is 2.14. The number of nitrogens with zero attached hydrogens (tertiary/aromatic N) is 2. The maximum absolute atomic E-state index is 11.9. The number of imidazole rings is 1. The van der Waals surface area contributed by atoms with E-state index in [2.05, 4.69) is 26.4 Å². The zero-order valence-electron chi connectivity index (χ0n) is 14.7. The molecule has 3 rings (SSSR count). The lowest BCUT2D eigenvalue weighted by molar-refractivity contribution is 0.208. The normalized spacial score (nSPS) is 14.4. The van der Waals surface area contributed by atoms with Crippen LogP contribution in [0.25, 0.3) is 0 Å². The maximum Gasteiger partial charge on any atom is 0.314 e. The average Bonchev–Trinajstić information content (AvgIpc) is 3.03. The Hall–Kier alpha value is -2.50. The van der Waals surface area contributed by atoms with Crippen molar-refractivity contribution in [1.29, 1.82) is 0 Å². The predicted molar refractivity (Wildman–Crippen MR) is 96.8 cm³/mol. The molecular formula is C19H26N4O2. The van der Waals surface area contributed by atoms with Gasteiger partial charge in [0.15, 0.2) is 0 Å². The van der Waals surface area contributed by atoms with E-state index in [1.54, 1.807) is 0 Å². The smallest absolute Gasteiger partial charge is 0.314 e. The van der Waals surface area contributed by atoms with Gasteiger partial charge in [0, 0.05) is 32.1 Å². The van der Waals surface area contributed by atoms with Gasteiger partial charge in [-0.25, -0.2) is 9.78 Å². The molecule has 0 fully saturated rings. The molecule has 0 saturated heterocycles. The monoisotopic (exact) mass is 342 g/mol. The van der Waals surface area contributed by atoms with Crippen LogP contribution < -0.4 is 15.4 Å². The van der Waals surface area contributed by atoms with Gasteiger partial charge in [0.2, 0.25) is 0 Å². The first-order valence-electron chi connectivity index (χ1n) is 8.99. The molecule has 6 nitrogen and oxygen atoms in total. The number of aryl methyl sites for hydroxylation is 2. The predicted octanol–water partition coefficient (Wildman–Crippen LogP) is 2.53. The molecule has 25 heavy (non-hydrogen) atoms. The van der Waals surface area contributed by atoms with Gasteiger partial charge in [-0.3, -0.25) is 0 Å². The van der Waals surface area contributed by atoms with E-state index in [1.165, 1.54) is 18.7 Å². The fourth-order valence-electron chi connectivity index (χ4n) is 2.97. The molecule has 0 spiro atoms. The van der Waals surface area contributed by atoms with Crippen molar-refractivity contribution >= 4 is 6.03 Å². The number of aromatic nitrogens is 2. The van der Waals surface area contributed by atoms with Gasteiger partial charge in [0.1, 0.15) is 17.7 Å². The van der Waals surface area contributed by atoms with E-state index >= 15 is 0 Å². The summed E-state index contributed by atoms with van der Waals surface area (Å²) in [7, 11) is 0. The minimum atomic E-state index is -0.174. The lowest BCUT2D eigenvalue weighted by Crippen LogP contribution is -2.41. The Morgan fingerprint density at radius 3 is 2.92 bits per heavy atom. The third-order valence-corrected chi connectivity index (χ3v) is 4.26. The summed E-state index contributed by atoms with van der Waals surface area (Å²) < 4.78 is 7.97. The summed E-state index contributed by atoms with van der Waals surface area (Å²) in [6.07, 6.45) is 6.29. The molecule has 2 aromatic rings. The van der Waals surface area contributed by atoms with Crippen molar-refractivity contribution in [2.24, 2.45) is 0 Å². The molecule has 0 bridgehead atoms. The number of ether oxygens (including phenoxy) is 1. The number of rotatable bonds is 7. The number of fused-ring (bicyclic) bond motifs is 1. The molecule has 0 radical (unpaired) electrons. The molecule has 1 aliphatic heterocycles. The molecule has 134 valence electrons. The van der Waals surface area contributed by atoms with Crippen molar-refractivity contribution in [1.82, 2.24) is 20.2 Å². The molecule has 0 saturated carbocycles. The van der Waals surface area contributed by atoms with Gasteiger partial charge in [0.25, 0.3) is 0 Å². The first-order valence-corrected chi connectivity index (χ1v) is 8.99. The number of urea groups is 1. The summed E-state index contributed by atoms with van der Waals surface area (Å²) in [6.45, 7) is 4.04. The van der Waals surface area contributed by atoms with Crippen molar-refractivity contribution in [2.45, 2.75) is 45.3 Å². The molecule has 2 amide bonds. The number of hydrogen-bond acceptors (Lipinski definition) is 3. The Bertz CT molecular complexity index is 660. The van der Waals surface area contributed by atoms with Gasteiger partial charge in [-0.05, 0) is 31.9 Å². The first-order chi connectivity index (χ1) is 12.2. The Kier molecular flexibility index (Phi) is 5.93. The number of amides is 2. The van der Waals surface area contributed by atoms with Crippen LogP contribution in [0.2, 0.25) is 0 Å². The van der Waals surface area contributed by atoms with Gasteiger partial charge in [-0.2, -0.15) is 0 Å². The molecule has 6 heteroatoms. The molecule has 1 aromatic heterocycles. The highest BCUT2D eigenvalue weighted by molar-refractivity contribution is 5.73. The lowest BCUT2D eigenvalue weighted by atomic mass is 10.2. The second kappa shape index (κ2) is 8.55. The Labute approximate surface area is 148 Å². The second-order valence-corrected chi connectivity index (χ2v) is 6.43. The highest BCUT2D eigenvalue weighted by atomic mass is 16.5. The minimum Gasteiger partial charge on any atom is -0.489 e. The van der Waals surface area contributed by atoms with Crippen LogP contribution in [0.4, 0.5) is 4.79 Å². The third kappa shape index (κ3) is 5.24. The van der Waals surface area contributed by atoms with E-state index in [4.69, 9.17) is 4.74 Å². The molecular weight excluding hydrogens is 316 g/mol. The van der Waals surface area contributed by atoms with Crippen LogP contribution in [0.3, 0.4) is 0 Å². The summed E-state index contributed by atoms with van der Waals surface area (Å²) in [4.78, 5) is 16.5. The number of hydrogen-bond donors (Lipinski definition) is 2. The minimum absolute atomic E-state index is 0.0898. The van der Waals surface area contributed by atoms with Crippen LogP contribution in [0, 0.1) is 0 Å². The standard InChI is InChI=1S/C19H26N4O2/c1-15(25-17-7-3-2-4-8-17)13-21-19(24)20-11-10-16-14-23-12-6-5-9-18(23)22-16/h2-4,7-8,14-15H,5-6,9-13H2,1H3,(H2,20,21,24)/t15-/m0/s1. The molecule has 0 aliphatic carbocycles. The van der Waals surface area contributed by atoms with Crippen LogP contribution in [0.5, 0.6) is 5.75 Å². The van der Waals surface area contributed by atoms with Crippen molar-refractivity contribution < 1.29 is 9.53 Å². The van der Waals surface area contributed by atoms with Crippen molar-refractivity contribution in [2.75, 3.05) is 13.1 Å². The quantitative estimate of drug-likeness (QED) is 0.812. The fraction of sp³-hybridized carbons (Fsp3) is 0.474. The van der Waals surface area contributed by atoms with E-state index in [-0.39, 0.29) is 12.1 Å². The summed E-state index contributed by atoms with van der Waals surface area (Å²) in [6, 6.07) is 9.43. The summed E-state index contributed by atoms with van der Waals surface area (Å²) in [5.41, 5.74) is 1.05. The number of carbonyl (C=O) groups excluding carboxylic acids is 1. The summed E-state index contributed by atoms with van der Waals surface area (Å²) in [5.74, 6) is 1.98. The van der Waals surface area contributed by atoms with E-state index in [9.17, 15) is 4.79 Å². The Morgan fingerprint density at radius 2 is 2.12 bits per heavy atom. The van der Waals surface area contributed by atoms with Crippen molar-refractivity contribution in [3.05, 3.63) is 48.0 Å². The van der Waals surface area contributed by atoms with Crippen LogP contribution in [-0.2, 0) is 19.4 Å². The maximum atomic E-state index is 11.9. The molecule has 1 aromatic carbocycles. The third-order valence-electron chi connectivity index (χ3n) is 4.26. The first kappa shape index (κ1) is 17.3. The fourth-order valence-corrected chi connectivity index (χ4v) is 2.97. The number of carbonyl (C=O) groups is 1. The molecule has 0 unspecified atom stereocenters. The van der Waals surface area contributed by atoms with Gasteiger partial charge >= 0.3 is 6.03 Å². The van der Waals surface area contributed by atoms with Gasteiger partial charge in [-0.1, -0.05) is 18.2 Å². The van der Waals surface area contributed by atoms with E-state index in [0.717, 1.165) is 30.8 Å². The zero-order valence-corrected chi connectivity index (χ0v) is 14.7. The topological polar surface area (TPSA) is 68.2 Å². The van der Waals surface area contributed by atoms with Crippen molar-refractivity contribution in [3.63, 3.8) is 0 Å². The Morgan fingerprint density at radius 1 is 1.28 bits per heavy atom. The highest BCUT2D eigenvalue weighted by Gasteiger charge is 2.12. The number of benzene rings is 1. The molecule has 2 N–H and O–H groups in total. The van der Waals surface area contributed by atoms with Gasteiger partial charge in [-0.15, -0.1) is 0 Å². The number of para-hydroxylation sites is 1. The largest absolute Gasteiger partial charge is 0.489 e. The summed E-state index contributed by atoms with van der Waals surface area (Å²) in [5, 5.41) is 5.71. The van der Waals surface area contributed by atoms with Crippen LogP contribution >= 0.6 is 0 Å². The SMILES string of the molecule is C[C@@H](CNC(=O)NCCc1cn2c(n1)CCCC2)Oc1ccccc1. The second-order valence-electron chi connectivity index (χ2n) is 6.43. The van der Waals surface area contributed by atoms with Crippen LogP contribution in [0.1, 0.15) is 31.3 Å². The van der Waals surface area contributed by atoms with Gasteiger partial charge < -0.3 is 19.9 Å². The van der Waals surface area contributed by atoms with Crippen LogP contribution in [0.15, 0.2) is 36.5 Å². The molecule has 1 aliphatic rings. The van der Waals surface area contributed by atoms with Crippen molar-refractivity contribution in [3.8, 4) is 5.75 Å².